The van der Waals surface area contributed by atoms with E-state index < -0.39 is 0 Å². The first-order valence-electron chi connectivity index (χ1n) is 9.01. The van der Waals surface area contributed by atoms with Crippen molar-refractivity contribution >= 4 is 11.8 Å². The van der Waals surface area contributed by atoms with Crippen molar-refractivity contribution in [2.45, 2.75) is 38.3 Å². The van der Waals surface area contributed by atoms with Crippen LogP contribution in [-0.2, 0) is 0 Å². The molecule has 2 aromatic rings. The van der Waals surface area contributed by atoms with Gasteiger partial charge >= 0.3 is 6.03 Å². The number of amides is 2. The van der Waals surface area contributed by atoms with E-state index in [1.165, 1.54) is 12.8 Å². The fraction of sp³-hybridized carbons (Fsp3) is 0.474. The first kappa shape index (κ1) is 16.1. The van der Waals surface area contributed by atoms with Crippen LogP contribution < -0.4 is 5.32 Å². The van der Waals surface area contributed by atoms with Gasteiger partial charge in [-0.05, 0) is 45.4 Å². The van der Waals surface area contributed by atoms with Crippen LogP contribution in [0.5, 0.6) is 0 Å². The first-order valence-corrected chi connectivity index (χ1v) is 9.01. The molecule has 3 heterocycles. The van der Waals surface area contributed by atoms with Crippen molar-refractivity contribution in [3.63, 3.8) is 0 Å². The lowest BCUT2D eigenvalue weighted by molar-refractivity contribution is 0.200. The van der Waals surface area contributed by atoms with Crippen LogP contribution in [0.15, 0.2) is 36.5 Å². The Kier molecular flexibility index (Phi) is 4.21. The Balaban J connectivity index is 1.47. The van der Waals surface area contributed by atoms with Crippen molar-refractivity contribution in [1.82, 2.24) is 19.6 Å². The summed E-state index contributed by atoms with van der Waals surface area (Å²) in [5.74, 6) is 0.636. The molecule has 0 aliphatic carbocycles. The van der Waals surface area contributed by atoms with Gasteiger partial charge in [0.25, 0.3) is 0 Å². The highest BCUT2D eigenvalue weighted by atomic mass is 16.2. The lowest BCUT2D eigenvalue weighted by Gasteiger charge is -2.25. The predicted octanol–water partition coefficient (Wildman–Crippen LogP) is 2.88. The van der Waals surface area contributed by atoms with Gasteiger partial charge in [0, 0.05) is 36.9 Å². The second-order valence-electron chi connectivity index (χ2n) is 7.16. The van der Waals surface area contributed by atoms with Crippen molar-refractivity contribution in [2.24, 2.45) is 0 Å². The minimum absolute atomic E-state index is 0.0395. The Morgan fingerprint density at radius 2 is 1.92 bits per heavy atom. The summed E-state index contributed by atoms with van der Waals surface area (Å²) >= 11 is 0. The Morgan fingerprint density at radius 1 is 1.16 bits per heavy atom. The zero-order valence-corrected chi connectivity index (χ0v) is 14.9. The van der Waals surface area contributed by atoms with Gasteiger partial charge in [-0.3, -0.25) is 10.2 Å². The third-order valence-corrected chi connectivity index (χ3v) is 5.58. The van der Waals surface area contributed by atoms with E-state index in [9.17, 15) is 4.79 Å². The number of rotatable bonds is 2. The van der Waals surface area contributed by atoms with Crippen molar-refractivity contribution in [1.29, 1.82) is 0 Å². The molecule has 0 saturated carbocycles. The average Bonchev–Trinajstić information content (AvgIpc) is 3.08. The smallest absolute Gasteiger partial charge is 0.323 e. The number of anilines is 1. The van der Waals surface area contributed by atoms with Crippen molar-refractivity contribution in [3.05, 3.63) is 42.1 Å². The highest BCUT2D eigenvalue weighted by Crippen LogP contribution is 2.28. The summed E-state index contributed by atoms with van der Waals surface area (Å²) in [7, 11) is 2.19. The summed E-state index contributed by atoms with van der Waals surface area (Å²) < 4.78 is 1.81. The van der Waals surface area contributed by atoms with E-state index in [1.54, 1.807) is 0 Å². The molecule has 0 spiro atoms. The van der Waals surface area contributed by atoms with E-state index in [0.29, 0.717) is 17.9 Å². The molecule has 1 aromatic heterocycles. The number of hydrogen-bond donors (Lipinski definition) is 1. The Bertz CT molecular complexity index is 756. The maximum Gasteiger partial charge on any atom is 0.323 e. The molecule has 0 unspecified atom stereocenters. The second kappa shape index (κ2) is 6.52. The molecule has 1 N–H and O–H groups in total. The maximum atomic E-state index is 12.7. The standard InChI is InChI=1S/C19H25N5O/c1-14-12-24(16-6-4-3-5-7-16)21-18(14)20-19(25)23-11-10-15-8-9-17(13-23)22(15)2/h3-7,12,15,17H,8-11,13H2,1-2H3,(H,20,21,25)/t15-,17+/m1/s1. The number of aromatic nitrogens is 2. The molecule has 2 bridgehead atoms. The van der Waals surface area contributed by atoms with Crippen LogP contribution in [0, 0.1) is 6.92 Å². The third-order valence-electron chi connectivity index (χ3n) is 5.58. The molecule has 4 rings (SSSR count). The SMILES string of the molecule is Cc1cn(-c2ccccc2)nc1NC(=O)N1CC[C@H]2CC[C@@H](C1)N2C. The molecule has 0 radical (unpaired) electrons. The van der Waals surface area contributed by atoms with Crippen LogP contribution in [0.25, 0.3) is 5.69 Å². The highest BCUT2D eigenvalue weighted by Gasteiger charge is 2.36. The normalized spacial score (nSPS) is 23.5. The molecule has 2 aliphatic rings. The summed E-state index contributed by atoms with van der Waals surface area (Å²) in [6, 6.07) is 11.0. The monoisotopic (exact) mass is 339 g/mol. The van der Waals surface area contributed by atoms with Gasteiger partial charge in [-0.1, -0.05) is 18.2 Å². The lowest BCUT2D eigenvalue weighted by Crippen LogP contribution is -2.41. The summed E-state index contributed by atoms with van der Waals surface area (Å²) in [5, 5.41) is 7.56. The van der Waals surface area contributed by atoms with Gasteiger partial charge in [-0.2, -0.15) is 0 Å². The molecular formula is C19H25N5O. The lowest BCUT2D eigenvalue weighted by atomic mass is 10.1. The van der Waals surface area contributed by atoms with Crippen LogP contribution in [0.4, 0.5) is 10.6 Å². The number of urea groups is 1. The molecule has 2 saturated heterocycles. The largest absolute Gasteiger partial charge is 0.323 e. The van der Waals surface area contributed by atoms with Gasteiger partial charge < -0.3 is 4.90 Å². The number of carbonyl (C=O) groups excluding carboxylic acids is 1. The van der Waals surface area contributed by atoms with Crippen LogP contribution in [0.2, 0.25) is 0 Å². The minimum atomic E-state index is -0.0395. The van der Waals surface area contributed by atoms with E-state index in [2.05, 4.69) is 22.4 Å². The molecule has 132 valence electrons. The number of para-hydroxylation sites is 1. The summed E-state index contributed by atoms with van der Waals surface area (Å²) in [6.07, 6.45) is 5.45. The molecule has 25 heavy (non-hydrogen) atoms. The van der Waals surface area contributed by atoms with Gasteiger partial charge in [0.05, 0.1) is 5.69 Å². The van der Waals surface area contributed by atoms with E-state index in [-0.39, 0.29) is 6.03 Å². The van der Waals surface area contributed by atoms with Crippen LogP contribution >= 0.6 is 0 Å². The number of nitrogens with one attached hydrogen (secondary N) is 1. The van der Waals surface area contributed by atoms with E-state index in [0.717, 1.165) is 30.8 Å². The Labute approximate surface area is 148 Å². The quantitative estimate of drug-likeness (QED) is 0.915. The molecule has 6 nitrogen and oxygen atoms in total. The number of likely N-dealkylation sites (N-methyl/N-ethyl adjacent to an activating group) is 1. The minimum Gasteiger partial charge on any atom is -0.323 e. The van der Waals surface area contributed by atoms with Crippen molar-refractivity contribution in [2.75, 3.05) is 25.5 Å². The van der Waals surface area contributed by atoms with E-state index in [4.69, 9.17) is 0 Å². The molecular weight excluding hydrogens is 314 g/mol. The number of aryl methyl sites for hydroxylation is 1. The van der Waals surface area contributed by atoms with Crippen LogP contribution in [0.3, 0.4) is 0 Å². The average molecular weight is 339 g/mol. The number of carbonyl (C=O) groups is 1. The topological polar surface area (TPSA) is 53.4 Å². The van der Waals surface area contributed by atoms with Crippen LogP contribution in [0.1, 0.15) is 24.8 Å². The van der Waals surface area contributed by atoms with Gasteiger partial charge in [-0.25, -0.2) is 9.48 Å². The van der Waals surface area contributed by atoms with Crippen molar-refractivity contribution < 1.29 is 4.79 Å². The fourth-order valence-corrected chi connectivity index (χ4v) is 3.97. The number of nitrogens with zero attached hydrogens (tertiary/aromatic N) is 4. The zero-order valence-electron chi connectivity index (χ0n) is 14.9. The fourth-order valence-electron chi connectivity index (χ4n) is 3.97. The van der Waals surface area contributed by atoms with Gasteiger partial charge in [0.2, 0.25) is 0 Å². The zero-order chi connectivity index (χ0) is 17.4. The number of likely N-dealkylation sites (tertiary alicyclic amines) is 1. The Morgan fingerprint density at radius 3 is 2.72 bits per heavy atom. The van der Waals surface area contributed by atoms with E-state index >= 15 is 0 Å². The third kappa shape index (κ3) is 3.14. The highest BCUT2D eigenvalue weighted by molar-refractivity contribution is 5.89. The molecule has 2 fully saturated rings. The molecule has 6 heteroatoms. The summed E-state index contributed by atoms with van der Waals surface area (Å²) in [4.78, 5) is 17.1. The molecule has 1 aromatic carbocycles. The molecule has 2 atom stereocenters. The summed E-state index contributed by atoms with van der Waals surface area (Å²) in [5.41, 5.74) is 1.95. The van der Waals surface area contributed by atoms with Gasteiger partial charge in [0.15, 0.2) is 5.82 Å². The van der Waals surface area contributed by atoms with Crippen LogP contribution in [-0.4, -0.2) is 57.8 Å². The maximum absolute atomic E-state index is 12.7. The van der Waals surface area contributed by atoms with Gasteiger partial charge in [-0.15, -0.1) is 5.10 Å². The Hall–Kier alpha value is -2.34. The van der Waals surface area contributed by atoms with Crippen molar-refractivity contribution in [3.8, 4) is 5.69 Å². The number of benzene rings is 1. The molecule has 2 aliphatic heterocycles. The summed E-state index contributed by atoms with van der Waals surface area (Å²) in [6.45, 7) is 3.59. The number of fused-ring (bicyclic) bond motifs is 2. The predicted molar refractivity (Wildman–Crippen MR) is 98.1 cm³/mol. The second-order valence-corrected chi connectivity index (χ2v) is 7.16. The number of hydrogen-bond acceptors (Lipinski definition) is 3. The van der Waals surface area contributed by atoms with Gasteiger partial charge in [0.1, 0.15) is 0 Å². The van der Waals surface area contributed by atoms with E-state index in [1.807, 2.05) is 53.0 Å². The first-order chi connectivity index (χ1) is 12.1. The molecule has 2 amide bonds.